The van der Waals surface area contributed by atoms with E-state index in [1.165, 1.54) is 0 Å². The molecule has 1 rings (SSSR count). The predicted molar refractivity (Wildman–Crippen MR) is 109 cm³/mol. The van der Waals surface area contributed by atoms with E-state index >= 15 is 0 Å². The number of unbranched alkanes of at least 4 members (excludes halogenated alkanes) is 2. The average molecular weight is 377 g/mol. The molecule has 0 unspecified atom stereocenters. The largest absolute Gasteiger partial charge is 0.481 e. The molecular formula is C23H36O4. The summed E-state index contributed by atoms with van der Waals surface area (Å²) in [6, 6.07) is 0. The Morgan fingerprint density at radius 2 is 2.04 bits per heavy atom. The minimum Gasteiger partial charge on any atom is -0.481 e. The maximum atomic E-state index is 12.3. The zero-order chi connectivity index (χ0) is 20.4. The molecule has 0 aliphatic heterocycles. The van der Waals surface area contributed by atoms with Crippen LogP contribution in [-0.4, -0.2) is 28.1 Å². The molecule has 2 N–H and O–H groups in total. The maximum absolute atomic E-state index is 12.3. The number of aliphatic hydroxyl groups excluding tert-OH is 1. The summed E-state index contributed by atoms with van der Waals surface area (Å²) in [6.45, 7) is 10.4. The van der Waals surface area contributed by atoms with Crippen LogP contribution in [0.1, 0.15) is 72.1 Å². The van der Waals surface area contributed by atoms with Gasteiger partial charge in [-0.05, 0) is 31.1 Å². The van der Waals surface area contributed by atoms with Gasteiger partial charge in [0, 0.05) is 24.7 Å². The summed E-state index contributed by atoms with van der Waals surface area (Å²) >= 11 is 0. The lowest BCUT2D eigenvalue weighted by Gasteiger charge is -2.29. The number of carbonyl (C=O) groups excluding carboxylic acids is 1. The molecule has 1 aliphatic carbocycles. The van der Waals surface area contributed by atoms with Gasteiger partial charge in [0.1, 0.15) is 5.78 Å². The highest BCUT2D eigenvalue weighted by Crippen LogP contribution is 2.37. The van der Waals surface area contributed by atoms with Crippen molar-refractivity contribution in [1.29, 1.82) is 0 Å². The number of carboxylic acids is 1. The van der Waals surface area contributed by atoms with E-state index in [-0.39, 0.29) is 29.5 Å². The Balaban J connectivity index is 2.65. The van der Waals surface area contributed by atoms with Crippen molar-refractivity contribution in [3.63, 3.8) is 0 Å². The molecule has 1 fully saturated rings. The molecule has 0 saturated heterocycles. The van der Waals surface area contributed by atoms with Gasteiger partial charge in [-0.1, -0.05) is 70.1 Å². The topological polar surface area (TPSA) is 74.6 Å². The fourth-order valence-corrected chi connectivity index (χ4v) is 3.50. The monoisotopic (exact) mass is 376 g/mol. The zero-order valence-electron chi connectivity index (χ0n) is 17.1. The normalized spacial score (nSPS) is 22.2. The van der Waals surface area contributed by atoms with Gasteiger partial charge in [-0.3, -0.25) is 9.59 Å². The van der Waals surface area contributed by atoms with Crippen LogP contribution in [0.4, 0.5) is 0 Å². The van der Waals surface area contributed by atoms with Gasteiger partial charge in [0.05, 0.1) is 6.10 Å². The second kappa shape index (κ2) is 11.2. The van der Waals surface area contributed by atoms with Crippen LogP contribution in [0.5, 0.6) is 0 Å². The first kappa shape index (κ1) is 23.4. The van der Waals surface area contributed by atoms with Crippen molar-refractivity contribution in [2.24, 2.45) is 17.3 Å². The van der Waals surface area contributed by atoms with E-state index in [9.17, 15) is 14.7 Å². The molecule has 0 bridgehead atoms. The molecule has 4 heteroatoms. The Morgan fingerprint density at radius 1 is 1.33 bits per heavy atom. The molecular weight excluding hydrogens is 340 g/mol. The Morgan fingerprint density at radius 3 is 2.67 bits per heavy atom. The first-order chi connectivity index (χ1) is 12.7. The van der Waals surface area contributed by atoms with Crippen molar-refractivity contribution in [3.8, 4) is 0 Å². The van der Waals surface area contributed by atoms with Crippen molar-refractivity contribution in [2.75, 3.05) is 0 Å². The maximum Gasteiger partial charge on any atom is 0.303 e. The number of allylic oxidation sites excluding steroid dienone is 4. The average Bonchev–Trinajstić information content (AvgIpc) is 2.86. The molecule has 152 valence electrons. The Hall–Kier alpha value is -1.68. The number of Topliss-reactive ketones (excluding diaryl/α,β-unsaturated/α-hetero) is 1. The third-order valence-corrected chi connectivity index (χ3v) is 5.51. The SMILES string of the molecule is C=C1CC(=O)[C@H](C/C=C\CCCC(=O)O)[C@H]1/C=C/[C@@H](O)C(C)(C)CCCC. The van der Waals surface area contributed by atoms with Crippen LogP contribution >= 0.6 is 0 Å². The standard InChI is InChI=1S/C23H36O4/c1-5-6-15-23(3,4)21(25)14-13-18-17(2)16-20(24)19(18)11-9-7-8-10-12-22(26)27/h7,9,13-14,18-19,21,25H,2,5-6,8,10-12,15-16H2,1,3-4H3,(H,26,27)/b9-7-,14-13+/t18-,19+,21+/m0/s1. The number of aliphatic carboxylic acids is 1. The number of aliphatic hydroxyl groups is 1. The lowest BCUT2D eigenvalue weighted by Crippen LogP contribution is -2.27. The van der Waals surface area contributed by atoms with Crippen LogP contribution < -0.4 is 0 Å². The highest BCUT2D eigenvalue weighted by Gasteiger charge is 2.35. The van der Waals surface area contributed by atoms with Gasteiger partial charge < -0.3 is 10.2 Å². The van der Waals surface area contributed by atoms with Crippen LogP contribution in [-0.2, 0) is 9.59 Å². The molecule has 27 heavy (non-hydrogen) atoms. The van der Waals surface area contributed by atoms with Crippen LogP contribution in [0.3, 0.4) is 0 Å². The highest BCUT2D eigenvalue weighted by molar-refractivity contribution is 5.87. The predicted octanol–water partition coefficient (Wildman–Crippen LogP) is 5.08. The molecule has 3 atom stereocenters. The second-order valence-corrected chi connectivity index (χ2v) is 8.35. The van der Waals surface area contributed by atoms with E-state index in [0.29, 0.717) is 25.7 Å². The van der Waals surface area contributed by atoms with Gasteiger partial charge in [0.2, 0.25) is 0 Å². The van der Waals surface area contributed by atoms with E-state index in [2.05, 4.69) is 27.4 Å². The lowest BCUT2D eigenvalue weighted by atomic mass is 9.80. The molecule has 4 nitrogen and oxygen atoms in total. The van der Waals surface area contributed by atoms with E-state index in [1.54, 1.807) is 0 Å². The number of hydrogen-bond donors (Lipinski definition) is 2. The summed E-state index contributed by atoms with van der Waals surface area (Å²) in [4.78, 5) is 22.8. The van der Waals surface area contributed by atoms with Gasteiger partial charge in [0.15, 0.2) is 0 Å². The summed E-state index contributed by atoms with van der Waals surface area (Å²) in [5.41, 5.74) is 0.731. The van der Waals surface area contributed by atoms with E-state index in [0.717, 1.165) is 24.8 Å². The third kappa shape index (κ3) is 7.84. The highest BCUT2D eigenvalue weighted by atomic mass is 16.4. The molecule has 0 aromatic heterocycles. The van der Waals surface area contributed by atoms with E-state index < -0.39 is 12.1 Å². The first-order valence-electron chi connectivity index (χ1n) is 10.1. The number of rotatable bonds is 12. The minimum atomic E-state index is -0.781. The van der Waals surface area contributed by atoms with Crippen molar-refractivity contribution < 1.29 is 19.8 Å². The van der Waals surface area contributed by atoms with Crippen LogP contribution in [0.15, 0.2) is 36.5 Å². The molecule has 0 spiro atoms. The van der Waals surface area contributed by atoms with Gasteiger partial charge >= 0.3 is 5.97 Å². The molecule has 1 saturated carbocycles. The van der Waals surface area contributed by atoms with Crippen molar-refractivity contribution in [1.82, 2.24) is 0 Å². The molecule has 0 heterocycles. The molecule has 1 aliphatic rings. The fourth-order valence-electron chi connectivity index (χ4n) is 3.50. The number of ketones is 1. The number of carbonyl (C=O) groups is 2. The molecule has 0 amide bonds. The Kier molecular flexibility index (Phi) is 9.71. The van der Waals surface area contributed by atoms with Gasteiger partial charge in [-0.25, -0.2) is 0 Å². The van der Waals surface area contributed by atoms with Crippen LogP contribution in [0, 0.1) is 17.3 Å². The van der Waals surface area contributed by atoms with Crippen LogP contribution in [0.2, 0.25) is 0 Å². The Labute approximate surface area is 164 Å². The molecule has 0 radical (unpaired) electrons. The van der Waals surface area contributed by atoms with Crippen molar-refractivity contribution in [3.05, 3.63) is 36.5 Å². The minimum absolute atomic E-state index is 0.0298. The van der Waals surface area contributed by atoms with Gasteiger partial charge in [-0.2, -0.15) is 0 Å². The van der Waals surface area contributed by atoms with Crippen molar-refractivity contribution in [2.45, 2.75) is 78.2 Å². The third-order valence-electron chi connectivity index (χ3n) is 5.51. The quantitative estimate of drug-likeness (QED) is 0.368. The summed E-state index contributed by atoms with van der Waals surface area (Å²) in [7, 11) is 0. The molecule has 0 aromatic carbocycles. The first-order valence-corrected chi connectivity index (χ1v) is 10.1. The van der Waals surface area contributed by atoms with Gasteiger partial charge in [-0.15, -0.1) is 0 Å². The van der Waals surface area contributed by atoms with E-state index in [1.807, 2.05) is 24.3 Å². The van der Waals surface area contributed by atoms with Crippen LogP contribution in [0.25, 0.3) is 0 Å². The van der Waals surface area contributed by atoms with Crippen molar-refractivity contribution >= 4 is 11.8 Å². The number of carboxylic acid groups (broad SMARTS) is 1. The fraction of sp³-hybridized carbons (Fsp3) is 0.652. The summed E-state index contributed by atoms with van der Waals surface area (Å²) in [6.07, 6.45) is 12.9. The summed E-state index contributed by atoms with van der Waals surface area (Å²) in [5.74, 6) is -0.742. The van der Waals surface area contributed by atoms with E-state index in [4.69, 9.17) is 5.11 Å². The summed E-state index contributed by atoms with van der Waals surface area (Å²) in [5, 5.41) is 19.2. The smallest absolute Gasteiger partial charge is 0.303 e. The number of hydrogen-bond acceptors (Lipinski definition) is 3. The van der Waals surface area contributed by atoms with Gasteiger partial charge in [0.25, 0.3) is 0 Å². The molecule has 0 aromatic rings. The summed E-state index contributed by atoms with van der Waals surface area (Å²) < 4.78 is 0. The lowest BCUT2D eigenvalue weighted by molar-refractivity contribution is -0.137. The zero-order valence-corrected chi connectivity index (χ0v) is 17.1. The Bertz CT molecular complexity index is 571. The second-order valence-electron chi connectivity index (χ2n) is 8.35.